The van der Waals surface area contributed by atoms with Gasteiger partial charge < -0.3 is 4.42 Å². The van der Waals surface area contributed by atoms with E-state index in [1.165, 1.54) is 27.8 Å². The van der Waals surface area contributed by atoms with Crippen LogP contribution in [0.15, 0.2) is 192 Å². The van der Waals surface area contributed by atoms with Crippen LogP contribution in [0.4, 0.5) is 0 Å². The number of fused-ring (bicyclic) bond motifs is 6. The van der Waals surface area contributed by atoms with Gasteiger partial charge in [0.1, 0.15) is 11.2 Å². The first kappa shape index (κ1) is 33.9. The summed E-state index contributed by atoms with van der Waals surface area (Å²) in [4.78, 5) is 15.8. The van der Waals surface area contributed by atoms with Crippen molar-refractivity contribution in [2.24, 2.45) is 0 Å². The summed E-state index contributed by atoms with van der Waals surface area (Å²) in [5.41, 5.74) is 16.3. The van der Waals surface area contributed by atoms with Gasteiger partial charge in [0, 0.05) is 32.9 Å². The third-order valence-electron chi connectivity index (χ3n) is 11.8. The van der Waals surface area contributed by atoms with Crippen LogP contribution < -0.4 is 0 Å². The summed E-state index contributed by atoms with van der Waals surface area (Å²) in [6.07, 6.45) is 0. The molecule has 2 heterocycles. The summed E-state index contributed by atoms with van der Waals surface area (Å²) in [5, 5.41) is 2.00. The topological polar surface area (TPSA) is 51.8 Å². The highest BCUT2D eigenvalue weighted by atomic mass is 16.3. The molecule has 0 fully saturated rings. The lowest BCUT2D eigenvalue weighted by atomic mass is 9.81. The van der Waals surface area contributed by atoms with Crippen molar-refractivity contribution in [1.29, 1.82) is 0 Å². The van der Waals surface area contributed by atoms with Gasteiger partial charge in [0.25, 0.3) is 0 Å². The lowest BCUT2D eigenvalue weighted by Gasteiger charge is -2.22. The Morgan fingerprint density at radius 2 is 0.897 bits per heavy atom. The summed E-state index contributed by atoms with van der Waals surface area (Å²) in [6.45, 7) is 4.65. The van der Waals surface area contributed by atoms with E-state index in [9.17, 15) is 0 Å². The Labute approximate surface area is 337 Å². The second-order valence-electron chi connectivity index (χ2n) is 15.6. The maximum absolute atomic E-state index is 6.56. The molecule has 11 rings (SSSR count). The number of rotatable bonds is 6. The zero-order chi connectivity index (χ0) is 38.8. The largest absolute Gasteiger partial charge is 0.456 e. The summed E-state index contributed by atoms with van der Waals surface area (Å²) < 4.78 is 6.56. The van der Waals surface area contributed by atoms with Crippen molar-refractivity contribution in [3.63, 3.8) is 0 Å². The average Bonchev–Trinajstić information content (AvgIpc) is 3.78. The monoisotopic (exact) mass is 743 g/mol. The summed E-state index contributed by atoms with van der Waals surface area (Å²) in [5.74, 6) is 1.80. The third kappa shape index (κ3) is 5.56. The maximum atomic E-state index is 6.56. The van der Waals surface area contributed by atoms with Gasteiger partial charge in [-0.05, 0) is 86.0 Å². The second-order valence-corrected chi connectivity index (χ2v) is 15.6. The molecular weight excluding hydrogens is 707 g/mol. The van der Waals surface area contributed by atoms with Crippen molar-refractivity contribution in [2.45, 2.75) is 19.3 Å². The fraction of sp³-hybridized carbons (Fsp3) is 0.0556. The Hall–Kier alpha value is -7.43. The highest BCUT2D eigenvalue weighted by Gasteiger charge is 2.35. The minimum Gasteiger partial charge on any atom is -0.456 e. The fourth-order valence-corrected chi connectivity index (χ4v) is 8.84. The molecule has 274 valence electrons. The summed E-state index contributed by atoms with van der Waals surface area (Å²) in [7, 11) is 0. The molecule has 4 heteroatoms. The van der Waals surface area contributed by atoms with Crippen molar-refractivity contribution in [1.82, 2.24) is 15.0 Å². The standard InChI is InChI=1S/C54H37N3O/c1-54(2)46-25-12-11-22-41(46)42-29-27-38(33-47(42)54)37-28-30-48-45(32-37)50-44(24-14-26-49(50)58-48)53-56-51(39-20-13-19-36(31-39)34-15-5-3-6-16-34)55-52(57-53)43-23-10-9-21-40(43)35-17-7-4-8-18-35/h3-33H,1-2H3. The third-order valence-corrected chi connectivity index (χ3v) is 11.8. The predicted octanol–water partition coefficient (Wildman–Crippen LogP) is 14.1. The zero-order valence-corrected chi connectivity index (χ0v) is 32.1. The van der Waals surface area contributed by atoms with E-state index in [2.05, 4.69) is 172 Å². The van der Waals surface area contributed by atoms with Gasteiger partial charge in [0.15, 0.2) is 17.5 Å². The van der Waals surface area contributed by atoms with Crippen LogP contribution in [0.2, 0.25) is 0 Å². The second kappa shape index (κ2) is 13.4. The Kier molecular flexibility index (Phi) is 7.80. The molecule has 10 aromatic rings. The molecule has 0 atom stereocenters. The SMILES string of the molecule is CC1(C)c2ccccc2-c2ccc(-c3ccc4oc5cccc(-c6nc(-c7cccc(-c8ccccc8)c7)nc(-c7ccccc7-c7ccccc7)n6)c5c4c3)cc21. The van der Waals surface area contributed by atoms with Crippen LogP contribution in [0, 0.1) is 0 Å². The highest BCUT2D eigenvalue weighted by Crippen LogP contribution is 2.50. The molecular formula is C54H37N3O. The molecule has 0 N–H and O–H groups in total. The number of nitrogens with zero attached hydrogens (tertiary/aromatic N) is 3. The van der Waals surface area contributed by atoms with Crippen molar-refractivity contribution in [2.75, 3.05) is 0 Å². The smallest absolute Gasteiger partial charge is 0.164 e. The molecule has 8 aromatic carbocycles. The molecule has 0 spiro atoms. The number of hydrogen-bond acceptors (Lipinski definition) is 4. The van der Waals surface area contributed by atoms with E-state index < -0.39 is 0 Å². The number of furan rings is 1. The molecule has 0 saturated carbocycles. The van der Waals surface area contributed by atoms with E-state index in [4.69, 9.17) is 19.4 Å². The molecule has 0 saturated heterocycles. The van der Waals surface area contributed by atoms with Crippen LogP contribution in [-0.2, 0) is 5.41 Å². The van der Waals surface area contributed by atoms with Gasteiger partial charge in [0.2, 0.25) is 0 Å². The Morgan fingerprint density at radius 1 is 0.345 bits per heavy atom. The summed E-state index contributed by atoms with van der Waals surface area (Å²) in [6, 6.07) is 66.0. The first-order valence-electron chi connectivity index (χ1n) is 19.8. The van der Waals surface area contributed by atoms with Gasteiger partial charge in [-0.2, -0.15) is 0 Å². The molecule has 2 aromatic heterocycles. The van der Waals surface area contributed by atoms with E-state index in [0.717, 1.165) is 66.4 Å². The van der Waals surface area contributed by atoms with E-state index in [-0.39, 0.29) is 5.41 Å². The molecule has 0 radical (unpaired) electrons. The van der Waals surface area contributed by atoms with Crippen molar-refractivity contribution >= 4 is 21.9 Å². The average molecular weight is 744 g/mol. The Bertz CT molecular complexity index is 3200. The van der Waals surface area contributed by atoms with Crippen LogP contribution in [0.5, 0.6) is 0 Å². The predicted molar refractivity (Wildman–Crippen MR) is 237 cm³/mol. The molecule has 0 bridgehead atoms. The molecule has 4 nitrogen and oxygen atoms in total. The van der Waals surface area contributed by atoms with Gasteiger partial charge in [-0.15, -0.1) is 0 Å². The Morgan fingerprint density at radius 3 is 1.71 bits per heavy atom. The first-order valence-corrected chi connectivity index (χ1v) is 19.8. The number of benzene rings is 8. The minimum absolute atomic E-state index is 0.0879. The van der Waals surface area contributed by atoms with E-state index >= 15 is 0 Å². The van der Waals surface area contributed by atoms with Gasteiger partial charge in [-0.1, -0.05) is 172 Å². The van der Waals surface area contributed by atoms with Crippen molar-refractivity contribution in [3.05, 3.63) is 199 Å². The molecule has 1 aliphatic carbocycles. The lowest BCUT2D eigenvalue weighted by molar-refractivity contribution is 0.660. The Balaban J connectivity index is 1.10. The van der Waals surface area contributed by atoms with E-state index in [1.54, 1.807) is 0 Å². The quantitative estimate of drug-likeness (QED) is 0.170. The first-order chi connectivity index (χ1) is 28.5. The van der Waals surface area contributed by atoms with Crippen LogP contribution in [0.25, 0.3) is 101 Å². The van der Waals surface area contributed by atoms with E-state index in [0.29, 0.717) is 17.5 Å². The van der Waals surface area contributed by atoms with Crippen LogP contribution in [-0.4, -0.2) is 15.0 Å². The molecule has 0 unspecified atom stereocenters. The molecule has 1 aliphatic rings. The maximum Gasteiger partial charge on any atom is 0.164 e. The van der Waals surface area contributed by atoms with Crippen LogP contribution in [0.1, 0.15) is 25.0 Å². The van der Waals surface area contributed by atoms with Crippen LogP contribution >= 0.6 is 0 Å². The lowest BCUT2D eigenvalue weighted by Crippen LogP contribution is -2.14. The number of hydrogen-bond donors (Lipinski definition) is 0. The fourth-order valence-electron chi connectivity index (χ4n) is 8.84. The molecule has 0 amide bonds. The van der Waals surface area contributed by atoms with Gasteiger partial charge >= 0.3 is 0 Å². The van der Waals surface area contributed by atoms with Gasteiger partial charge in [-0.3, -0.25) is 0 Å². The minimum atomic E-state index is -0.0879. The number of aromatic nitrogens is 3. The van der Waals surface area contributed by atoms with Crippen molar-refractivity contribution in [3.8, 4) is 78.7 Å². The van der Waals surface area contributed by atoms with E-state index in [1.807, 2.05) is 30.3 Å². The zero-order valence-electron chi connectivity index (χ0n) is 32.1. The van der Waals surface area contributed by atoms with Crippen LogP contribution in [0.3, 0.4) is 0 Å². The normalized spacial score (nSPS) is 12.8. The molecule has 0 aliphatic heterocycles. The highest BCUT2D eigenvalue weighted by molar-refractivity contribution is 6.13. The van der Waals surface area contributed by atoms with Gasteiger partial charge in [0.05, 0.1) is 0 Å². The summed E-state index contributed by atoms with van der Waals surface area (Å²) >= 11 is 0. The van der Waals surface area contributed by atoms with Gasteiger partial charge in [-0.25, -0.2) is 15.0 Å². The van der Waals surface area contributed by atoms with Crippen molar-refractivity contribution < 1.29 is 4.42 Å². The molecule has 58 heavy (non-hydrogen) atoms.